The molecule has 0 saturated heterocycles. The predicted octanol–water partition coefficient (Wildman–Crippen LogP) is 4.67. The second kappa shape index (κ2) is 6.02. The molecule has 6 heteroatoms. The normalized spacial score (nSPS) is 17.8. The van der Waals surface area contributed by atoms with Crippen LogP contribution in [0.1, 0.15) is 48.0 Å². The van der Waals surface area contributed by atoms with Crippen LogP contribution in [0.5, 0.6) is 5.75 Å². The zero-order valence-electron chi connectivity index (χ0n) is 11.9. The molecule has 0 spiro atoms. The molecule has 2 rings (SSSR count). The van der Waals surface area contributed by atoms with Gasteiger partial charge in [0.25, 0.3) is 0 Å². The van der Waals surface area contributed by atoms with Crippen LogP contribution in [0.25, 0.3) is 0 Å². The van der Waals surface area contributed by atoms with E-state index in [0.29, 0.717) is 12.8 Å². The zero-order chi connectivity index (χ0) is 16.4. The Hall–Kier alpha value is -1.98. The molecular formula is C16H17F3O3. The van der Waals surface area contributed by atoms with Crippen LogP contribution >= 0.6 is 0 Å². The first-order valence-electron chi connectivity index (χ1n) is 7.04. The van der Waals surface area contributed by atoms with E-state index in [-0.39, 0.29) is 5.56 Å². The van der Waals surface area contributed by atoms with E-state index >= 15 is 0 Å². The highest BCUT2D eigenvalue weighted by atomic mass is 19.4. The highest BCUT2D eigenvalue weighted by molar-refractivity contribution is 5.88. The quantitative estimate of drug-likeness (QED) is 0.821. The van der Waals surface area contributed by atoms with E-state index in [1.165, 1.54) is 6.08 Å². The van der Waals surface area contributed by atoms with Crippen molar-refractivity contribution in [3.8, 4) is 5.75 Å². The first-order chi connectivity index (χ1) is 10.3. The predicted molar refractivity (Wildman–Crippen MR) is 75.0 cm³/mol. The van der Waals surface area contributed by atoms with Gasteiger partial charge in [-0.3, -0.25) is 0 Å². The van der Waals surface area contributed by atoms with Crippen LogP contribution in [0.4, 0.5) is 13.2 Å². The average molecular weight is 314 g/mol. The number of carboxylic acids is 1. The van der Waals surface area contributed by atoms with Crippen LogP contribution in [-0.2, 0) is 6.18 Å². The molecule has 0 aliphatic heterocycles. The first kappa shape index (κ1) is 16.4. The van der Waals surface area contributed by atoms with Gasteiger partial charge < -0.3 is 9.84 Å². The molecule has 1 N–H and O–H groups in total. The third kappa shape index (κ3) is 3.43. The van der Waals surface area contributed by atoms with E-state index < -0.39 is 29.1 Å². The molecule has 0 amide bonds. The third-order valence-corrected chi connectivity index (χ3v) is 3.92. The zero-order valence-corrected chi connectivity index (χ0v) is 11.9. The highest BCUT2D eigenvalue weighted by Gasteiger charge is 2.38. The van der Waals surface area contributed by atoms with Crippen LogP contribution in [0.2, 0.25) is 0 Å². The minimum Gasteiger partial charge on any atom is -0.483 e. The van der Waals surface area contributed by atoms with Crippen molar-refractivity contribution in [3.63, 3.8) is 0 Å². The second-order valence-corrected chi connectivity index (χ2v) is 5.45. The second-order valence-electron chi connectivity index (χ2n) is 5.45. The SMILES string of the molecule is C=CC1(Oc2cc(C(=O)O)ccc2C(F)(F)F)CCCCC1. The molecule has 0 aromatic heterocycles. The van der Waals surface area contributed by atoms with E-state index in [2.05, 4.69) is 6.58 Å². The van der Waals surface area contributed by atoms with Gasteiger partial charge in [0, 0.05) is 0 Å². The van der Waals surface area contributed by atoms with Crippen LogP contribution in [0, 0.1) is 0 Å². The molecule has 120 valence electrons. The number of rotatable bonds is 4. The summed E-state index contributed by atoms with van der Waals surface area (Å²) in [5, 5.41) is 8.97. The van der Waals surface area contributed by atoms with Crippen LogP contribution in [0.3, 0.4) is 0 Å². The van der Waals surface area contributed by atoms with Crippen molar-refractivity contribution in [1.29, 1.82) is 0 Å². The number of hydrogen-bond acceptors (Lipinski definition) is 2. The summed E-state index contributed by atoms with van der Waals surface area (Å²) in [6.45, 7) is 3.68. The Morgan fingerprint density at radius 2 is 1.91 bits per heavy atom. The van der Waals surface area contributed by atoms with Crippen molar-refractivity contribution in [2.24, 2.45) is 0 Å². The van der Waals surface area contributed by atoms with Crippen molar-refractivity contribution in [1.82, 2.24) is 0 Å². The lowest BCUT2D eigenvalue weighted by atomic mass is 9.84. The highest BCUT2D eigenvalue weighted by Crippen LogP contribution is 2.41. The number of halogens is 3. The van der Waals surface area contributed by atoms with Gasteiger partial charge in [-0.15, -0.1) is 0 Å². The number of aromatic carboxylic acids is 1. The Morgan fingerprint density at radius 3 is 2.41 bits per heavy atom. The fourth-order valence-electron chi connectivity index (χ4n) is 2.69. The molecule has 0 radical (unpaired) electrons. The topological polar surface area (TPSA) is 46.5 Å². The molecule has 22 heavy (non-hydrogen) atoms. The summed E-state index contributed by atoms with van der Waals surface area (Å²) in [4.78, 5) is 11.0. The maximum atomic E-state index is 13.1. The van der Waals surface area contributed by atoms with Gasteiger partial charge in [0.15, 0.2) is 0 Å². The monoisotopic (exact) mass is 314 g/mol. The molecule has 1 fully saturated rings. The van der Waals surface area contributed by atoms with Crippen molar-refractivity contribution in [2.75, 3.05) is 0 Å². The molecule has 1 aromatic carbocycles. The summed E-state index contributed by atoms with van der Waals surface area (Å²) in [7, 11) is 0. The van der Waals surface area contributed by atoms with Crippen LogP contribution in [0.15, 0.2) is 30.9 Å². The van der Waals surface area contributed by atoms with E-state index in [0.717, 1.165) is 37.5 Å². The van der Waals surface area contributed by atoms with E-state index in [9.17, 15) is 18.0 Å². The number of carboxylic acid groups (broad SMARTS) is 1. The van der Waals surface area contributed by atoms with Crippen molar-refractivity contribution in [2.45, 2.75) is 43.9 Å². The summed E-state index contributed by atoms with van der Waals surface area (Å²) in [6.07, 6.45) is 0.748. The maximum absolute atomic E-state index is 13.1. The fourth-order valence-corrected chi connectivity index (χ4v) is 2.69. The maximum Gasteiger partial charge on any atom is 0.419 e. The van der Waals surface area contributed by atoms with Gasteiger partial charge >= 0.3 is 12.1 Å². The summed E-state index contributed by atoms with van der Waals surface area (Å²) >= 11 is 0. The molecule has 0 heterocycles. The fraction of sp³-hybridized carbons (Fsp3) is 0.438. The van der Waals surface area contributed by atoms with E-state index in [4.69, 9.17) is 9.84 Å². The lowest BCUT2D eigenvalue weighted by Gasteiger charge is -2.35. The van der Waals surface area contributed by atoms with E-state index in [1.807, 2.05) is 0 Å². The van der Waals surface area contributed by atoms with Gasteiger partial charge in [-0.25, -0.2) is 4.79 Å². The number of benzene rings is 1. The van der Waals surface area contributed by atoms with Gasteiger partial charge in [0.1, 0.15) is 11.4 Å². The molecule has 0 unspecified atom stereocenters. The lowest BCUT2D eigenvalue weighted by Crippen LogP contribution is -2.36. The Bertz CT molecular complexity index is 572. The van der Waals surface area contributed by atoms with E-state index in [1.54, 1.807) is 0 Å². The molecule has 0 bridgehead atoms. The molecule has 1 aliphatic carbocycles. The van der Waals surface area contributed by atoms with Crippen molar-refractivity contribution >= 4 is 5.97 Å². The summed E-state index contributed by atoms with van der Waals surface area (Å²) in [5.74, 6) is -1.75. The van der Waals surface area contributed by atoms with Gasteiger partial charge in [0.2, 0.25) is 0 Å². The van der Waals surface area contributed by atoms with Crippen LogP contribution in [-0.4, -0.2) is 16.7 Å². The summed E-state index contributed by atoms with van der Waals surface area (Å²) < 4.78 is 45.0. The first-order valence-corrected chi connectivity index (χ1v) is 7.04. The summed E-state index contributed by atoms with van der Waals surface area (Å²) in [5.41, 5.74) is -2.07. The minimum atomic E-state index is -4.61. The summed E-state index contributed by atoms with van der Waals surface area (Å²) in [6, 6.07) is 2.61. The van der Waals surface area contributed by atoms with Crippen molar-refractivity contribution < 1.29 is 27.8 Å². The Balaban J connectivity index is 2.44. The Kier molecular flexibility index (Phi) is 4.49. The van der Waals surface area contributed by atoms with Gasteiger partial charge in [-0.2, -0.15) is 13.2 Å². The lowest BCUT2D eigenvalue weighted by molar-refractivity contribution is -0.139. The van der Waals surface area contributed by atoms with Gasteiger partial charge in [0.05, 0.1) is 11.1 Å². The number of alkyl halides is 3. The molecule has 0 atom stereocenters. The number of carbonyl (C=O) groups is 1. The number of ether oxygens (including phenoxy) is 1. The molecule has 3 nitrogen and oxygen atoms in total. The Labute approximate surface area is 126 Å². The Morgan fingerprint density at radius 1 is 1.27 bits per heavy atom. The van der Waals surface area contributed by atoms with Gasteiger partial charge in [-0.1, -0.05) is 13.0 Å². The standard InChI is InChI=1S/C16H17F3O3/c1-2-15(8-4-3-5-9-15)22-13-10-11(14(20)21)6-7-12(13)16(17,18)19/h2,6-7,10H,1,3-5,8-9H2,(H,20,21). The average Bonchev–Trinajstić information content (AvgIpc) is 2.47. The third-order valence-electron chi connectivity index (χ3n) is 3.92. The molecule has 1 aromatic rings. The molecule has 1 saturated carbocycles. The molecule has 1 aliphatic rings. The van der Waals surface area contributed by atoms with Gasteiger partial charge in [-0.05, 0) is 50.0 Å². The number of hydrogen-bond donors (Lipinski definition) is 1. The largest absolute Gasteiger partial charge is 0.483 e. The molecular weight excluding hydrogens is 297 g/mol. The smallest absolute Gasteiger partial charge is 0.419 e. The minimum absolute atomic E-state index is 0.238. The van der Waals surface area contributed by atoms with Crippen molar-refractivity contribution in [3.05, 3.63) is 42.0 Å². The van der Waals surface area contributed by atoms with Crippen LogP contribution < -0.4 is 4.74 Å².